The molecule has 0 bridgehead atoms. The molecule has 0 spiro atoms. The molecule has 18 heavy (non-hydrogen) atoms. The Labute approximate surface area is 106 Å². The minimum Gasteiger partial charge on any atom is -0.409 e. The van der Waals surface area contributed by atoms with E-state index in [2.05, 4.69) is 10.1 Å². The summed E-state index contributed by atoms with van der Waals surface area (Å²) in [6.07, 6.45) is 1.67. The zero-order valence-corrected chi connectivity index (χ0v) is 10.8. The Bertz CT molecular complexity index is 443. The van der Waals surface area contributed by atoms with Gasteiger partial charge in [-0.15, -0.1) is 0 Å². The molecule has 0 unspecified atom stereocenters. The summed E-state index contributed by atoms with van der Waals surface area (Å²) in [4.78, 5) is 17.8. The number of amidine groups is 1. The lowest BCUT2D eigenvalue weighted by Crippen LogP contribution is -2.46. The normalized spacial score (nSPS) is 12.3. The number of nitrogens with zero attached hydrogens (tertiary/aromatic N) is 3. The number of rotatable bonds is 4. The molecule has 0 saturated heterocycles. The SMILES string of the molecule is CN(Cc1ccccn1)C(=O)C(C)(C)C(N)=NO. The highest BCUT2D eigenvalue weighted by Gasteiger charge is 2.35. The van der Waals surface area contributed by atoms with Crippen molar-refractivity contribution in [1.29, 1.82) is 0 Å². The van der Waals surface area contributed by atoms with Crippen LogP contribution in [0.2, 0.25) is 0 Å². The molecule has 1 aromatic heterocycles. The summed E-state index contributed by atoms with van der Waals surface area (Å²) in [7, 11) is 1.66. The van der Waals surface area contributed by atoms with Gasteiger partial charge in [-0.05, 0) is 26.0 Å². The van der Waals surface area contributed by atoms with Crippen LogP contribution in [-0.4, -0.2) is 33.9 Å². The molecule has 6 heteroatoms. The maximum Gasteiger partial charge on any atom is 0.236 e. The molecule has 0 aromatic carbocycles. The van der Waals surface area contributed by atoms with Gasteiger partial charge in [0.1, 0.15) is 5.41 Å². The van der Waals surface area contributed by atoms with Crippen LogP contribution in [-0.2, 0) is 11.3 Å². The molecule has 98 valence electrons. The van der Waals surface area contributed by atoms with E-state index in [4.69, 9.17) is 10.9 Å². The Morgan fingerprint density at radius 3 is 2.72 bits per heavy atom. The lowest BCUT2D eigenvalue weighted by atomic mass is 9.90. The van der Waals surface area contributed by atoms with Crippen molar-refractivity contribution < 1.29 is 10.0 Å². The van der Waals surface area contributed by atoms with Crippen LogP contribution < -0.4 is 5.73 Å². The van der Waals surface area contributed by atoms with Gasteiger partial charge in [0.2, 0.25) is 5.91 Å². The number of aromatic nitrogens is 1. The number of nitrogens with two attached hydrogens (primary N) is 1. The second-order valence-electron chi connectivity index (χ2n) is 4.59. The highest BCUT2D eigenvalue weighted by atomic mass is 16.4. The first-order valence-electron chi connectivity index (χ1n) is 5.53. The van der Waals surface area contributed by atoms with Crippen molar-refractivity contribution in [1.82, 2.24) is 9.88 Å². The van der Waals surface area contributed by atoms with Crippen molar-refractivity contribution in [3.8, 4) is 0 Å². The standard InChI is InChI=1S/C12H18N4O2/c1-12(2,10(13)15-18)11(17)16(3)8-9-6-4-5-7-14-9/h4-7,18H,8H2,1-3H3,(H2,13,15). The minimum absolute atomic E-state index is 0.111. The summed E-state index contributed by atoms with van der Waals surface area (Å²) in [5, 5.41) is 11.6. The molecule has 1 amide bonds. The van der Waals surface area contributed by atoms with Crippen LogP contribution in [0.15, 0.2) is 29.6 Å². The predicted octanol–water partition coefficient (Wildman–Crippen LogP) is 0.813. The zero-order chi connectivity index (χ0) is 13.8. The number of hydrogen-bond donors (Lipinski definition) is 2. The van der Waals surface area contributed by atoms with E-state index < -0.39 is 5.41 Å². The molecule has 0 saturated carbocycles. The smallest absolute Gasteiger partial charge is 0.236 e. The highest BCUT2D eigenvalue weighted by molar-refractivity contribution is 6.05. The van der Waals surface area contributed by atoms with E-state index in [1.807, 2.05) is 18.2 Å². The first kappa shape index (κ1) is 14.0. The number of carbonyl (C=O) groups is 1. The first-order chi connectivity index (χ1) is 8.39. The van der Waals surface area contributed by atoms with E-state index in [9.17, 15) is 4.79 Å². The van der Waals surface area contributed by atoms with Crippen molar-refractivity contribution in [3.05, 3.63) is 30.1 Å². The topological polar surface area (TPSA) is 91.8 Å². The second kappa shape index (κ2) is 5.48. The van der Waals surface area contributed by atoms with Crippen LogP contribution in [0.1, 0.15) is 19.5 Å². The third-order valence-electron chi connectivity index (χ3n) is 2.75. The molecular weight excluding hydrogens is 232 g/mol. The number of hydrogen-bond acceptors (Lipinski definition) is 4. The average Bonchev–Trinajstić information content (AvgIpc) is 2.37. The third kappa shape index (κ3) is 2.97. The van der Waals surface area contributed by atoms with Crippen LogP contribution in [0, 0.1) is 5.41 Å². The van der Waals surface area contributed by atoms with Gasteiger partial charge < -0.3 is 15.8 Å². The lowest BCUT2D eigenvalue weighted by Gasteiger charge is -2.27. The van der Waals surface area contributed by atoms with Crippen LogP contribution in [0.3, 0.4) is 0 Å². The van der Waals surface area contributed by atoms with E-state index in [-0.39, 0.29) is 11.7 Å². The maximum absolute atomic E-state index is 12.2. The third-order valence-corrected chi connectivity index (χ3v) is 2.75. The fourth-order valence-corrected chi connectivity index (χ4v) is 1.52. The molecule has 0 aliphatic carbocycles. The van der Waals surface area contributed by atoms with Crippen LogP contribution in [0.5, 0.6) is 0 Å². The monoisotopic (exact) mass is 250 g/mol. The summed E-state index contributed by atoms with van der Waals surface area (Å²) in [5.41, 5.74) is 5.26. The van der Waals surface area contributed by atoms with Gasteiger partial charge in [-0.25, -0.2) is 0 Å². The van der Waals surface area contributed by atoms with Gasteiger partial charge in [0.25, 0.3) is 0 Å². The summed E-state index contributed by atoms with van der Waals surface area (Å²) in [6.45, 7) is 3.60. The molecule has 1 aromatic rings. The number of carbonyl (C=O) groups excluding carboxylic acids is 1. The Morgan fingerprint density at radius 1 is 1.56 bits per heavy atom. The Morgan fingerprint density at radius 2 is 2.22 bits per heavy atom. The fraction of sp³-hybridized carbons (Fsp3) is 0.417. The molecule has 0 aliphatic heterocycles. The van der Waals surface area contributed by atoms with E-state index >= 15 is 0 Å². The van der Waals surface area contributed by atoms with Crippen molar-refractivity contribution in [3.63, 3.8) is 0 Å². The lowest BCUT2D eigenvalue weighted by molar-refractivity contribution is -0.136. The zero-order valence-electron chi connectivity index (χ0n) is 10.8. The first-order valence-corrected chi connectivity index (χ1v) is 5.53. The average molecular weight is 250 g/mol. The van der Waals surface area contributed by atoms with Gasteiger partial charge in [-0.3, -0.25) is 9.78 Å². The van der Waals surface area contributed by atoms with Crippen LogP contribution in [0.4, 0.5) is 0 Å². The van der Waals surface area contributed by atoms with Crippen molar-refractivity contribution in [2.24, 2.45) is 16.3 Å². The van der Waals surface area contributed by atoms with Gasteiger partial charge in [0.15, 0.2) is 5.84 Å². The summed E-state index contributed by atoms with van der Waals surface area (Å²) in [6, 6.07) is 5.50. The molecule has 0 atom stereocenters. The van der Waals surface area contributed by atoms with Gasteiger partial charge in [-0.1, -0.05) is 11.2 Å². The largest absolute Gasteiger partial charge is 0.409 e. The highest BCUT2D eigenvalue weighted by Crippen LogP contribution is 2.19. The van der Waals surface area contributed by atoms with E-state index in [1.165, 1.54) is 4.90 Å². The molecule has 3 N–H and O–H groups in total. The summed E-state index contributed by atoms with van der Waals surface area (Å²) < 4.78 is 0. The molecule has 1 rings (SSSR count). The Kier molecular flexibility index (Phi) is 4.25. The van der Waals surface area contributed by atoms with E-state index in [0.29, 0.717) is 6.54 Å². The van der Waals surface area contributed by atoms with Gasteiger partial charge >= 0.3 is 0 Å². The molecule has 0 fully saturated rings. The maximum atomic E-state index is 12.2. The van der Waals surface area contributed by atoms with E-state index in [0.717, 1.165) is 5.69 Å². The fourth-order valence-electron chi connectivity index (χ4n) is 1.52. The van der Waals surface area contributed by atoms with Crippen LogP contribution in [0.25, 0.3) is 0 Å². The second-order valence-corrected chi connectivity index (χ2v) is 4.59. The number of pyridine rings is 1. The molecule has 1 heterocycles. The molecule has 0 aliphatic rings. The summed E-state index contributed by atoms with van der Waals surface area (Å²) in [5.74, 6) is -0.344. The van der Waals surface area contributed by atoms with Crippen molar-refractivity contribution in [2.45, 2.75) is 20.4 Å². The van der Waals surface area contributed by atoms with Crippen LogP contribution >= 0.6 is 0 Å². The molecule has 0 radical (unpaired) electrons. The molecule has 6 nitrogen and oxygen atoms in total. The van der Waals surface area contributed by atoms with Gasteiger partial charge in [0, 0.05) is 13.2 Å². The Balaban J connectivity index is 2.79. The van der Waals surface area contributed by atoms with E-state index in [1.54, 1.807) is 27.1 Å². The van der Waals surface area contributed by atoms with Gasteiger partial charge in [0.05, 0.1) is 12.2 Å². The molecular formula is C12H18N4O2. The number of oxime groups is 1. The van der Waals surface area contributed by atoms with Crippen molar-refractivity contribution in [2.75, 3.05) is 7.05 Å². The predicted molar refractivity (Wildman–Crippen MR) is 67.9 cm³/mol. The van der Waals surface area contributed by atoms with Crippen molar-refractivity contribution >= 4 is 11.7 Å². The summed E-state index contributed by atoms with van der Waals surface area (Å²) >= 11 is 0. The Hall–Kier alpha value is -2.11. The quantitative estimate of drug-likeness (QED) is 0.358. The number of amides is 1. The minimum atomic E-state index is -1.04. The van der Waals surface area contributed by atoms with Gasteiger partial charge in [-0.2, -0.15) is 0 Å².